The topological polar surface area (TPSA) is 64.4 Å². The zero-order valence-electron chi connectivity index (χ0n) is 8.70. The van der Waals surface area contributed by atoms with Gasteiger partial charge in [-0.05, 0) is 31.2 Å². The molecule has 0 bridgehead atoms. The van der Waals surface area contributed by atoms with E-state index >= 15 is 0 Å². The highest BCUT2D eigenvalue weighted by Crippen LogP contribution is 2.21. The second-order valence-electron chi connectivity index (χ2n) is 3.74. The highest BCUT2D eigenvalue weighted by atomic mass is 19.1. The van der Waals surface area contributed by atoms with Gasteiger partial charge in [-0.15, -0.1) is 0 Å². The van der Waals surface area contributed by atoms with Crippen LogP contribution in [-0.4, -0.2) is 25.1 Å². The third-order valence-electron chi connectivity index (χ3n) is 2.52. The maximum absolute atomic E-state index is 12.9. The van der Waals surface area contributed by atoms with Gasteiger partial charge in [0.2, 0.25) is 0 Å². The van der Waals surface area contributed by atoms with Crippen LogP contribution in [0.2, 0.25) is 0 Å². The van der Waals surface area contributed by atoms with Crippen molar-refractivity contribution >= 4 is 5.91 Å². The smallest absolute Gasteiger partial charge is 0.252 e. The maximum Gasteiger partial charge on any atom is 0.252 e. The number of hydrogen-bond acceptors (Lipinski definition) is 3. The Morgan fingerprint density at radius 1 is 1.56 bits per heavy atom. The number of nitrogens with two attached hydrogens (primary N) is 1. The molecule has 3 N–H and O–H groups in total. The quantitative estimate of drug-likeness (QED) is 0.793. The molecule has 1 saturated heterocycles. The molecule has 1 aromatic carbocycles. The van der Waals surface area contributed by atoms with E-state index in [-0.39, 0.29) is 11.7 Å². The molecule has 5 heteroatoms. The summed E-state index contributed by atoms with van der Waals surface area (Å²) in [5, 5.41) is 3.14. The fourth-order valence-electron chi connectivity index (χ4n) is 1.71. The summed E-state index contributed by atoms with van der Waals surface area (Å²) in [4.78, 5) is 11.1. The lowest BCUT2D eigenvalue weighted by Gasteiger charge is -2.14. The summed E-state index contributed by atoms with van der Waals surface area (Å²) < 4.78 is 18.5. The fraction of sp³-hybridized carbons (Fsp3) is 0.364. The molecule has 0 radical (unpaired) electrons. The lowest BCUT2D eigenvalue weighted by atomic mass is 10.2. The van der Waals surface area contributed by atoms with Crippen LogP contribution in [0.15, 0.2) is 18.2 Å². The van der Waals surface area contributed by atoms with E-state index in [0.29, 0.717) is 5.75 Å². The third kappa shape index (κ3) is 2.30. The van der Waals surface area contributed by atoms with Crippen LogP contribution in [-0.2, 0) is 0 Å². The predicted octanol–water partition coefficient (Wildman–Crippen LogP) is 0.665. The first kappa shape index (κ1) is 10.9. The molecule has 1 amide bonds. The van der Waals surface area contributed by atoms with Crippen molar-refractivity contribution in [3.8, 4) is 5.75 Å². The van der Waals surface area contributed by atoms with Gasteiger partial charge in [0, 0.05) is 6.54 Å². The molecule has 1 heterocycles. The minimum absolute atomic E-state index is 0.0172. The van der Waals surface area contributed by atoms with E-state index in [9.17, 15) is 9.18 Å². The average Bonchev–Trinajstić information content (AvgIpc) is 2.73. The SMILES string of the molecule is NC(=O)c1cc(F)ccc1OC1CCNC1. The van der Waals surface area contributed by atoms with Gasteiger partial charge in [0.1, 0.15) is 17.7 Å². The van der Waals surface area contributed by atoms with Crippen LogP contribution in [0.4, 0.5) is 4.39 Å². The highest BCUT2D eigenvalue weighted by Gasteiger charge is 2.19. The minimum Gasteiger partial charge on any atom is -0.488 e. The number of benzene rings is 1. The molecule has 0 saturated carbocycles. The Hall–Kier alpha value is -1.62. The van der Waals surface area contributed by atoms with Crippen LogP contribution in [0.1, 0.15) is 16.8 Å². The van der Waals surface area contributed by atoms with E-state index in [0.717, 1.165) is 25.6 Å². The number of ether oxygens (including phenoxy) is 1. The van der Waals surface area contributed by atoms with E-state index in [4.69, 9.17) is 10.5 Å². The van der Waals surface area contributed by atoms with Crippen molar-refractivity contribution < 1.29 is 13.9 Å². The summed E-state index contributed by atoms with van der Waals surface area (Å²) >= 11 is 0. The van der Waals surface area contributed by atoms with Crippen molar-refractivity contribution in [1.29, 1.82) is 0 Å². The number of hydrogen-bond donors (Lipinski definition) is 2. The lowest BCUT2D eigenvalue weighted by Crippen LogP contribution is -2.22. The van der Waals surface area contributed by atoms with Crippen LogP contribution < -0.4 is 15.8 Å². The summed E-state index contributed by atoms with van der Waals surface area (Å²) in [6.45, 7) is 1.62. The third-order valence-corrected chi connectivity index (χ3v) is 2.52. The van der Waals surface area contributed by atoms with Crippen molar-refractivity contribution in [2.45, 2.75) is 12.5 Å². The lowest BCUT2D eigenvalue weighted by molar-refractivity contribution is 0.0993. The second kappa shape index (κ2) is 4.49. The largest absolute Gasteiger partial charge is 0.488 e. The molecule has 86 valence electrons. The molecule has 1 fully saturated rings. The first-order valence-corrected chi connectivity index (χ1v) is 5.13. The van der Waals surface area contributed by atoms with Crippen molar-refractivity contribution in [3.05, 3.63) is 29.6 Å². The number of amides is 1. The molecule has 1 unspecified atom stereocenters. The van der Waals surface area contributed by atoms with E-state index in [2.05, 4.69) is 5.32 Å². The van der Waals surface area contributed by atoms with Crippen molar-refractivity contribution in [2.75, 3.05) is 13.1 Å². The molecule has 1 aliphatic heterocycles. The number of primary amides is 1. The summed E-state index contributed by atoms with van der Waals surface area (Å²) in [5.74, 6) is -0.825. The summed E-state index contributed by atoms with van der Waals surface area (Å²) in [6, 6.07) is 3.79. The molecule has 1 atom stereocenters. The minimum atomic E-state index is -0.680. The molecular formula is C11H13FN2O2. The zero-order valence-corrected chi connectivity index (χ0v) is 8.70. The van der Waals surface area contributed by atoms with Crippen LogP contribution in [0.25, 0.3) is 0 Å². The molecule has 2 rings (SSSR count). The molecule has 0 aromatic heterocycles. The van der Waals surface area contributed by atoms with E-state index in [1.807, 2.05) is 0 Å². The zero-order chi connectivity index (χ0) is 11.5. The maximum atomic E-state index is 12.9. The second-order valence-corrected chi connectivity index (χ2v) is 3.74. The van der Waals surface area contributed by atoms with Gasteiger partial charge in [0.25, 0.3) is 5.91 Å². The summed E-state index contributed by atoms with van der Waals surface area (Å²) in [7, 11) is 0. The van der Waals surface area contributed by atoms with E-state index in [1.54, 1.807) is 0 Å². The Bertz CT molecular complexity index is 403. The van der Waals surface area contributed by atoms with Gasteiger partial charge in [-0.25, -0.2) is 4.39 Å². The van der Waals surface area contributed by atoms with Gasteiger partial charge in [0.15, 0.2) is 0 Å². The number of carbonyl (C=O) groups is 1. The number of rotatable bonds is 3. The van der Waals surface area contributed by atoms with Gasteiger partial charge >= 0.3 is 0 Å². The van der Waals surface area contributed by atoms with Gasteiger partial charge < -0.3 is 15.8 Å². The molecule has 4 nitrogen and oxygen atoms in total. The molecule has 0 spiro atoms. The number of carbonyl (C=O) groups excluding carboxylic acids is 1. The Balaban J connectivity index is 2.21. The number of halogens is 1. The van der Waals surface area contributed by atoms with Crippen molar-refractivity contribution in [1.82, 2.24) is 5.32 Å². The van der Waals surface area contributed by atoms with E-state index in [1.165, 1.54) is 12.1 Å². The Labute approximate surface area is 92.6 Å². The fourth-order valence-corrected chi connectivity index (χ4v) is 1.71. The van der Waals surface area contributed by atoms with Gasteiger partial charge in [-0.3, -0.25) is 4.79 Å². The van der Waals surface area contributed by atoms with Gasteiger partial charge in [0.05, 0.1) is 5.56 Å². The predicted molar refractivity (Wildman–Crippen MR) is 56.8 cm³/mol. The summed E-state index contributed by atoms with van der Waals surface area (Å²) in [5.41, 5.74) is 5.25. The summed E-state index contributed by atoms with van der Waals surface area (Å²) in [6.07, 6.45) is 0.888. The Kier molecular flexibility index (Phi) is 3.05. The van der Waals surface area contributed by atoms with Crippen LogP contribution in [0, 0.1) is 5.82 Å². The van der Waals surface area contributed by atoms with Gasteiger partial charge in [-0.2, -0.15) is 0 Å². The van der Waals surface area contributed by atoms with Crippen molar-refractivity contribution in [3.63, 3.8) is 0 Å². The highest BCUT2D eigenvalue weighted by molar-refractivity contribution is 5.95. The van der Waals surface area contributed by atoms with Gasteiger partial charge in [-0.1, -0.05) is 0 Å². The molecule has 1 aromatic rings. The standard InChI is InChI=1S/C11H13FN2O2/c12-7-1-2-10(9(5-7)11(13)15)16-8-3-4-14-6-8/h1-2,5,8,14H,3-4,6H2,(H2,13,15). The monoisotopic (exact) mass is 224 g/mol. The van der Waals surface area contributed by atoms with Crippen LogP contribution >= 0.6 is 0 Å². The van der Waals surface area contributed by atoms with Crippen molar-refractivity contribution in [2.24, 2.45) is 5.73 Å². The number of nitrogens with one attached hydrogen (secondary N) is 1. The normalized spacial score (nSPS) is 19.7. The first-order chi connectivity index (χ1) is 7.66. The Morgan fingerprint density at radius 2 is 2.38 bits per heavy atom. The van der Waals surface area contributed by atoms with E-state index < -0.39 is 11.7 Å². The first-order valence-electron chi connectivity index (χ1n) is 5.13. The molecule has 0 aliphatic carbocycles. The molecule has 16 heavy (non-hydrogen) atoms. The van der Waals surface area contributed by atoms with Crippen LogP contribution in [0.3, 0.4) is 0 Å². The Morgan fingerprint density at radius 3 is 3.00 bits per heavy atom. The molecular weight excluding hydrogens is 211 g/mol. The van der Waals surface area contributed by atoms with Crippen LogP contribution in [0.5, 0.6) is 5.75 Å². The average molecular weight is 224 g/mol. The molecule has 1 aliphatic rings.